The van der Waals surface area contributed by atoms with Crippen molar-refractivity contribution in [1.82, 2.24) is 9.97 Å². The van der Waals surface area contributed by atoms with Crippen molar-refractivity contribution in [3.8, 4) is 22.9 Å². The van der Waals surface area contributed by atoms with Gasteiger partial charge in [0.2, 0.25) is 0 Å². The molecule has 0 spiro atoms. The molecular weight excluding hydrogens is 410 g/mol. The first-order valence-corrected chi connectivity index (χ1v) is 10.9. The van der Waals surface area contributed by atoms with Crippen LogP contribution in [0.5, 0.6) is 11.5 Å². The van der Waals surface area contributed by atoms with E-state index in [1.807, 2.05) is 24.4 Å². The van der Waals surface area contributed by atoms with Crippen LogP contribution in [0.2, 0.25) is 0 Å². The standard InChI is InChI=1S/C25H31N3O2.ClH/c1-29-21-12-9-18(10-13-21)15-20-11-14-22(27-20)23-16-25(30-2)24(28-23)17-26-19-7-5-3-4-6-8-19;/h9-14,16-17,19,27-28H,3-8,15H2,1-2H3;1H. The number of aromatic nitrogens is 2. The van der Waals surface area contributed by atoms with Crippen molar-refractivity contribution in [1.29, 1.82) is 0 Å². The second kappa shape index (κ2) is 11.1. The molecule has 0 unspecified atom stereocenters. The molecule has 0 aliphatic heterocycles. The normalized spacial score (nSPS) is 14.9. The molecule has 31 heavy (non-hydrogen) atoms. The van der Waals surface area contributed by atoms with Crippen molar-refractivity contribution in [2.45, 2.75) is 51.0 Å². The average molecular weight is 442 g/mol. The van der Waals surface area contributed by atoms with E-state index in [1.54, 1.807) is 14.2 Å². The zero-order chi connectivity index (χ0) is 20.8. The Balaban J connectivity index is 0.00000272. The lowest BCUT2D eigenvalue weighted by molar-refractivity contribution is 0.414. The molecule has 166 valence electrons. The number of halogens is 1. The van der Waals surface area contributed by atoms with E-state index in [9.17, 15) is 0 Å². The minimum absolute atomic E-state index is 0. The summed E-state index contributed by atoms with van der Waals surface area (Å²) in [5, 5.41) is 0. The molecule has 0 saturated heterocycles. The van der Waals surface area contributed by atoms with E-state index in [4.69, 9.17) is 14.5 Å². The van der Waals surface area contributed by atoms with Gasteiger partial charge in [-0.15, -0.1) is 12.4 Å². The minimum Gasteiger partial charge on any atom is -0.497 e. The van der Waals surface area contributed by atoms with E-state index in [2.05, 4.69) is 34.2 Å². The van der Waals surface area contributed by atoms with Crippen molar-refractivity contribution >= 4 is 18.6 Å². The molecule has 1 aliphatic rings. The van der Waals surface area contributed by atoms with Gasteiger partial charge in [0.05, 0.1) is 37.3 Å². The van der Waals surface area contributed by atoms with Crippen LogP contribution in [0.1, 0.15) is 55.5 Å². The van der Waals surface area contributed by atoms with E-state index in [-0.39, 0.29) is 12.4 Å². The summed E-state index contributed by atoms with van der Waals surface area (Å²) in [6.07, 6.45) is 10.4. The van der Waals surface area contributed by atoms with Gasteiger partial charge in [0.15, 0.2) is 0 Å². The molecule has 0 amide bonds. The first-order valence-electron chi connectivity index (χ1n) is 10.9. The number of nitrogens with one attached hydrogen (secondary N) is 2. The van der Waals surface area contributed by atoms with Gasteiger partial charge in [-0.05, 0) is 42.7 Å². The van der Waals surface area contributed by atoms with Crippen LogP contribution in [0.4, 0.5) is 0 Å². The van der Waals surface area contributed by atoms with Gasteiger partial charge in [0.1, 0.15) is 11.5 Å². The van der Waals surface area contributed by atoms with Crippen molar-refractivity contribution < 1.29 is 9.47 Å². The van der Waals surface area contributed by atoms with E-state index in [0.717, 1.165) is 40.7 Å². The van der Waals surface area contributed by atoms with Crippen LogP contribution in [-0.4, -0.2) is 36.4 Å². The number of hydrogen-bond donors (Lipinski definition) is 2. The number of aromatic amines is 2. The Kier molecular flexibility index (Phi) is 8.24. The van der Waals surface area contributed by atoms with Crippen LogP contribution >= 0.6 is 12.4 Å². The Morgan fingerprint density at radius 2 is 1.65 bits per heavy atom. The zero-order valence-corrected chi connectivity index (χ0v) is 19.1. The molecule has 6 heteroatoms. The van der Waals surface area contributed by atoms with Gasteiger partial charge >= 0.3 is 0 Å². The molecule has 1 fully saturated rings. The van der Waals surface area contributed by atoms with E-state index >= 15 is 0 Å². The van der Waals surface area contributed by atoms with Gasteiger partial charge < -0.3 is 19.4 Å². The fourth-order valence-corrected chi connectivity index (χ4v) is 4.11. The number of hydrogen-bond acceptors (Lipinski definition) is 3. The molecule has 0 atom stereocenters. The number of methoxy groups -OCH3 is 2. The molecule has 1 aromatic carbocycles. The fraction of sp³-hybridized carbons (Fsp3) is 0.400. The first kappa shape index (κ1) is 23.0. The molecule has 0 bridgehead atoms. The number of ether oxygens (including phenoxy) is 2. The maximum absolute atomic E-state index is 5.59. The largest absolute Gasteiger partial charge is 0.497 e. The second-order valence-corrected chi connectivity index (χ2v) is 8.01. The summed E-state index contributed by atoms with van der Waals surface area (Å²) in [6, 6.07) is 14.9. The van der Waals surface area contributed by atoms with Gasteiger partial charge in [-0.25, -0.2) is 0 Å². The number of H-pyrrole nitrogens is 2. The number of benzene rings is 1. The van der Waals surface area contributed by atoms with E-state index < -0.39 is 0 Å². The van der Waals surface area contributed by atoms with Crippen LogP contribution in [0, 0.1) is 0 Å². The predicted molar refractivity (Wildman–Crippen MR) is 129 cm³/mol. The Labute approximate surface area is 190 Å². The zero-order valence-electron chi connectivity index (χ0n) is 18.3. The summed E-state index contributed by atoms with van der Waals surface area (Å²) in [6.45, 7) is 0. The SMILES string of the molecule is COc1ccc(Cc2ccc(-c3cc(OC)c(C=NC4CCCCCC4)[nH]3)[nH]2)cc1.Cl. The molecule has 1 saturated carbocycles. The smallest absolute Gasteiger partial charge is 0.146 e. The lowest BCUT2D eigenvalue weighted by Crippen LogP contribution is -2.03. The van der Waals surface area contributed by atoms with Crippen LogP contribution in [0.3, 0.4) is 0 Å². The summed E-state index contributed by atoms with van der Waals surface area (Å²) in [5.74, 6) is 1.70. The Morgan fingerprint density at radius 1 is 0.903 bits per heavy atom. The summed E-state index contributed by atoms with van der Waals surface area (Å²) >= 11 is 0. The van der Waals surface area contributed by atoms with E-state index in [1.165, 1.54) is 44.1 Å². The van der Waals surface area contributed by atoms with Gasteiger partial charge in [-0.1, -0.05) is 37.8 Å². The first-order chi connectivity index (χ1) is 14.7. The Bertz CT molecular complexity index is 967. The maximum atomic E-state index is 5.59. The quantitative estimate of drug-likeness (QED) is 0.339. The highest BCUT2D eigenvalue weighted by Crippen LogP contribution is 2.27. The monoisotopic (exact) mass is 441 g/mol. The highest BCUT2D eigenvalue weighted by molar-refractivity contribution is 5.85. The van der Waals surface area contributed by atoms with Crippen molar-refractivity contribution in [3.05, 3.63) is 59.4 Å². The van der Waals surface area contributed by atoms with Crippen molar-refractivity contribution in [2.24, 2.45) is 4.99 Å². The van der Waals surface area contributed by atoms with Gasteiger partial charge in [-0.3, -0.25) is 4.99 Å². The highest BCUT2D eigenvalue weighted by atomic mass is 35.5. The predicted octanol–water partition coefficient (Wildman–Crippen LogP) is 6.18. The maximum Gasteiger partial charge on any atom is 0.146 e. The third kappa shape index (κ3) is 5.95. The summed E-state index contributed by atoms with van der Waals surface area (Å²) in [5.41, 5.74) is 5.39. The molecule has 5 nitrogen and oxygen atoms in total. The van der Waals surface area contributed by atoms with Crippen LogP contribution < -0.4 is 9.47 Å². The molecule has 4 rings (SSSR count). The molecule has 3 aromatic rings. The van der Waals surface area contributed by atoms with Gasteiger partial charge in [0.25, 0.3) is 0 Å². The third-order valence-electron chi connectivity index (χ3n) is 5.86. The molecule has 1 aliphatic carbocycles. The second-order valence-electron chi connectivity index (χ2n) is 8.01. The van der Waals surface area contributed by atoms with Crippen LogP contribution in [0.25, 0.3) is 11.4 Å². The third-order valence-corrected chi connectivity index (χ3v) is 5.86. The Hall–Kier alpha value is -2.66. The van der Waals surface area contributed by atoms with Gasteiger partial charge in [-0.2, -0.15) is 0 Å². The Morgan fingerprint density at radius 3 is 2.32 bits per heavy atom. The average Bonchev–Trinajstić information content (AvgIpc) is 3.32. The molecule has 2 heterocycles. The minimum atomic E-state index is 0. The van der Waals surface area contributed by atoms with E-state index in [0.29, 0.717) is 6.04 Å². The van der Waals surface area contributed by atoms with Crippen molar-refractivity contribution in [3.63, 3.8) is 0 Å². The number of rotatable bonds is 7. The topological polar surface area (TPSA) is 62.4 Å². The highest BCUT2D eigenvalue weighted by Gasteiger charge is 2.13. The van der Waals surface area contributed by atoms with Crippen LogP contribution in [-0.2, 0) is 6.42 Å². The summed E-state index contributed by atoms with van der Waals surface area (Å²) in [7, 11) is 3.40. The van der Waals surface area contributed by atoms with Gasteiger partial charge in [0, 0.05) is 24.4 Å². The lowest BCUT2D eigenvalue weighted by atomic mass is 10.1. The molecular formula is C25H32ClN3O2. The summed E-state index contributed by atoms with van der Waals surface area (Å²) in [4.78, 5) is 11.8. The lowest BCUT2D eigenvalue weighted by Gasteiger charge is -2.07. The molecule has 2 aromatic heterocycles. The molecule has 0 radical (unpaired) electrons. The number of nitrogens with zero attached hydrogens (tertiary/aromatic N) is 1. The fourth-order valence-electron chi connectivity index (χ4n) is 4.11. The number of aliphatic imine (C=N–C) groups is 1. The molecule has 2 N–H and O–H groups in total. The summed E-state index contributed by atoms with van der Waals surface area (Å²) < 4.78 is 10.8. The van der Waals surface area contributed by atoms with Crippen LogP contribution in [0.15, 0.2) is 47.5 Å². The van der Waals surface area contributed by atoms with Crippen molar-refractivity contribution in [2.75, 3.05) is 14.2 Å².